The number of esters is 1. The van der Waals surface area contributed by atoms with Gasteiger partial charge in [-0.15, -0.1) is 0 Å². The number of anilines is 1. The quantitative estimate of drug-likeness (QED) is 0.601. The molecule has 0 fully saturated rings. The molecule has 0 saturated heterocycles. The lowest BCUT2D eigenvalue weighted by Gasteiger charge is -2.18. The molecule has 0 aromatic heterocycles. The minimum absolute atomic E-state index is 0.102. The summed E-state index contributed by atoms with van der Waals surface area (Å²) in [4.78, 5) is 26.8. The van der Waals surface area contributed by atoms with Crippen molar-refractivity contribution < 1.29 is 19.4 Å². The van der Waals surface area contributed by atoms with Crippen molar-refractivity contribution in [3.05, 3.63) is 74.9 Å². The Morgan fingerprint density at radius 1 is 1.11 bits per heavy atom. The first-order chi connectivity index (χ1) is 12.8. The zero-order valence-electron chi connectivity index (χ0n) is 14.5. The van der Waals surface area contributed by atoms with Crippen molar-refractivity contribution in [1.29, 1.82) is 0 Å². The van der Waals surface area contributed by atoms with E-state index in [1.807, 2.05) is 0 Å². The molecule has 2 aromatic rings. The third-order valence-corrected chi connectivity index (χ3v) is 4.54. The average molecular weight is 404 g/mol. The van der Waals surface area contributed by atoms with Crippen molar-refractivity contribution in [3.63, 3.8) is 0 Å². The standard InChI is InChI=1S/C20H15Cl2NO4/c1-11-18(20(26)27-2)17(7-12-3-5-16(24)6-4-12)19(25)23(11)15-9-13(21)8-14(22)10-15/h3-10,24H,1-2H3/b17-7-. The predicted octanol–water partition coefficient (Wildman–Crippen LogP) is 4.58. The van der Waals surface area contributed by atoms with Gasteiger partial charge in [-0.05, 0) is 48.9 Å². The van der Waals surface area contributed by atoms with Crippen LogP contribution in [0, 0.1) is 0 Å². The molecule has 0 unspecified atom stereocenters. The van der Waals surface area contributed by atoms with Gasteiger partial charge >= 0.3 is 5.97 Å². The molecule has 7 heteroatoms. The van der Waals surface area contributed by atoms with Crippen molar-refractivity contribution >= 4 is 46.8 Å². The fraction of sp³-hybridized carbons (Fsp3) is 0.100. The van der Waals surface area contributed by atoms with Crippen LogP contribution in [0.2, 0.25) is 10.0 Å². The molecule has 0 aliphatic carbocycles. The summed E-state index contributed by atoms with van der Waals surface area (Å²) in [6, 6.07) is 11.0. The van der Waals surface area contributed by atoms with Gasteiger partial charge < -0.3 is 9.84 Å². The number of methoxy groups -OCH3 is 1. The highest BCUT2D eigenvalue weighted by molar-refractivity contribution is 6.35. The number of amides is 1. The summed E-state index contributed by atoms with van der Waals surface area (Å²) >= 11 is 12.1. The minimum Gasteiger partial charge on any atom is -0.508 e. The van der Waals surface area contributed by atoms with Crippen LogP contribution < -0.4 is 4.90 Å². The van der Waals surface area contributed by atoms with Crippen molar-refractivity contribution in [1.82, 2.24) is 0 Å². The molecule has 2 aromatic carbocycles. The number of hydrogen-bond acceptors (Lipinski definition) is 4. The molecule has 1 aliphatic heterocycles. The second-order valence-corrected chi connectivity index (χ2v) is 6.74. The lowest BCUT2D eigenvalue weighted by Crippen LogP contribution is -2.24. The molecule has 1 aliphatic rings. The molecule has 1 amide bonds. The Labute approximate surface area is 166 Å². The molecule has 3 rings (SSSR count). The summed E-state index contributed by atoms with van der Waals surface area (Å²) in [5, 5.41) is 10.2. The van der Waals surface area contributed by atoms with E-state index in [2.05, 4.69) is 0 Å². The van der Waals surface area contributed by atoms with Gasteiger partial charge in [0.15, 0.2) is 0 Å². The first kappa shape index (κ1) is 19.0. The summed E-state index contributed by atoms with van der Waals surface area (Å²) in [7, 11) is 1.25. The van der Waals surface area contributed by atoms with E-state index in [0.717, 1.165) is 0 Å². The van der Waals surface area contributed by atoms with Crippen LogP contribution in [0.1, 0.15) is 12.5 Å². The maximum atomic E-state index is 13.1. The van der Waals surface area contributed by atoms with Crippen LogP contribution in [0.5, 0.6) is 5.75 Å². The van der Waals surface area contributed by atoms with E-state index in [4.69, 9.17) is 27.9 Å². The van der Waals surface area contributed by atoms with Crippen LogP contribution in [0.3, 0.4) is 0 Å². The Kier molecular flexibility index (Phi) is 5.26. The SMILES string of the molecule is COC(=O)C1=C(C)N(c2cc(Cl)cc(Cl)c2)C(=O)/C1=C\c1ccc(O)cc1. The van der Waals surface area contributed by atoms with Crippen molar-refractivity contribution in [2.45, 2.75) is 6.92 Å². The maximum absolute atomic E-state index is 13.1. The number of halogens is 2. The summed E-state index contributed by atoms with van der Waals surface area (Å²) in [5.41, 5.74) is 1.85. The van der Waals surface area contributed by atoms with Crippen LogP contribution in [0.4, 0.5) is 5.69 Å². The number of allylic oxidation sites excluding steroid dienone is 1. The largest absolute Gasteiger partial charge is 0.508 e. The first-order valence-electron chi connectivity index (χ1n) is 7.92. The number of nitrogens with zero attached hydrogens (tertiary/aromatic N) is 1. The molecule has 27 heavy (non-hydrogen) atoms. The van der Waals surface area contributed by atoms with E-state index in [9.17, 15) is 14.7 Å². The second-order valence-electron chi connectivity index (χ2n) is 5.87. The smallest absolute Gasteiger partial charge is 0.340 e. The maximum Gasteiger partial charge on any atom is 0.340 e. The van der Waals surface area contributed by atoms with E-state index in [0.29, 0.717) is 27.0 Å². The highest BCUT2D eigenvalue weighted by Gasteiger charge is 2.38. The number of phenolic OH excluding ortho intramolecular Hbond substituents is 1. The number of phenols is 1. The minimum atomic E-state index is -0.624. The van der Waals surface area contributed by atoms with Gasteiger partial charge in [-0.25, -0.2) is 4.79 Å². The van der Waals surface area contributed by atoms with Gasteiger partial charge in [0, 0.05) is 15.7 Å². The van der Waals surface area contributed by atoms with Crippen LogP contribution in [-0.4, -0.2) is 24.1 Å². The third kappa shape index (κ3) is 3.70. The Morgan fingerprint density at radius 2 is 1.70 bits per heavy atom. The van der Waals surface area contributed by atoms with E-state index in [-0.39, 0.29) is 16.9 Å². The van der Waals surface area contributed by atoms with Gasteiger partial charge in [0.1, 0.15) is 5.75 Å². The summed E-state index contributed by atoms with van der Waals surface area (Å²) < 4.78 is 4.86. The van der Waals surface area contributed by atoms with Gasteiger partial charge in [0.25, 0.3) is 5.91 Å². The van der Waals surface area contributed by atoms with Crippen LogP contribution >= 0.6 is 23.2 Å². The summed E-state index contributed by atoms with van der Waals surface area (Å²) in [6.45, 7) is 1.65. The number of carbonyl (C=O) groups excluding carboxylic acids is 2. The lowest BCUT2D eigenvalue weighted by atomic mass is 10.0. The van der Waals surface area contributed by atoms with Crippen molar-refractivity contribution in [2.75, 3.05) is 12.0 Å². The van der Waals surface area contributed by atoms with Gasteiger partial charge in [-0.1, -0.05) is 35.3 Å². The van der Waals surface area contributed by atoms with Crippen molar-refractivity contribution in [3.8, 4) is 5.75 Å². The highest BCUT2D eigenvalue weighted by Crippen LogP contribution is 2.37. The van der Waals surface area contributed by atoms with Gasteiger partial charge in [-0.2, -0.15) is 0 Å². The molecule has 0 bridgehead atoms. The fourth-order valence-electron chi connectivity index (χ4n) is 2.90. The van der Waals surface area contributed by atoms with E-state index < -0.39 is 11.9 Å². The van der Waals surface area contributed by atoms with Crippen LogP contribution in [0.15, 0.2) is 59.3 Å². The average Bonchev–Trinajstić information content (AvgIpc) is 2.85. The zero-order valence-corrected chi connectivity index (χ0v) is 16.0. The molecule has 0 saturated carbocycles. The fourth-order valence-corrected chi connectivity index (χ4v) is 3.41. The van der Waals surface area contributed by atoms with Gasteiger partial charge in [0.2, 0.25) is 0 Å². The number of carbonyl (C=O) groups is 2. The zero-order chi connectivity index (χ0) is 19.7. The topological polar surface area (TPSA) is 66.8 Å². The molecular weight excluding hydrogens is 389 g/mol. The number of rotatable bonds is 3. The summed E-state index contributed by atoms with van der Waals surface area (Å²) in [6.07, 6.45) is 1.57. The molecule has 1 heterocycles. The normalized spacial score (nSPS) is 15.6. The van der Waals surface area contributed by atoms with Crippen LogP contribution in [-0.2, 0) is 14.3 Å². The number of ether oxygens (including phenoxy) is 1. The predicted molar refractivity (Wildman–Crippen MR) is 105 cm³/mol. The van der Waals surface area contributed by atoms with Crippen LogP contribution in [0.25, 0.3) is 6.08 Å². The number of benzene rings is 2. The molecule has 0 radical (unpaired) electrons. The van der Waals surface area contributed by atoms with Gasteiger partial charge in [-0.3, -0.25) is 9.69 Å². The Balaban J connectivity index is 2.15. The molecule has 0 atom stereocenters. The highest BCUT2D eigenvalue weighted by atomic mass is 35.5. The first-order valence-corrected chi connectivity index (χ1v) is 8.68. The molecular formula is C20H15Cl2NO4. The second kappa shape index (κ2) is 7.47. The van der Waals surface area contributed by atoms with E-state index in [1.54, 1.807) is 43.3 Å². The monoisotopic (exact) mass is 403 g/mol. The number of hydrogen-bond donors (Lipinski definition) is 1. The van der Waals surface area contributed by atoms with Gasteiger partial charge in [0.05, 0.1) is 23.9 Å². The molecule has 0 spiro atoms. The Bertz CT molecular complexity index is 973. The Morgan fingerprint density at radius 3 is 2.26 bits per heavy atom. The van der Waals surface area contributed by atoms with E-state index >= 15 is 0 Å². The molecule has 1 N–H and O–H groups in total. The van der Waals surface area contributed by atoms with Crippen molar-refractivity contribution in [2.24, 2.45) is 0 Å². The number of aromatic hydroxyl groups is 1. The third-order valence-electron chi connectivity index (χ3n) is 4.10. The molecule has 5 nitrogen and oxygen atoms in total. The summed E-state index contributed by atoms with van der Waals surface area (Å²) in [5.74, 6) is -0.925. The lowest BCUT2D eigenvalue weighted by molar-refractivity contribution is -0.136. The molecule has 138 valence electrons. The Hall–Kier alpha value is -2.76. The van der Waals surface area contributed by atoms with E-state index in [1.165, 1.54) is 24.1 Å².